The van der Waals surface area contributed by atoms with Crippen molar-refractivity contribution in [3.63, 3.8) is 0 Å². The molecule has 1 unspecified atom stereocenters. The second-order valence-electron chi connectivity index (χ2n) is 8.67. The zero-order valence-corrected chi connectivity index (χ0v) is 17.6. The van der Waals surface area contributed by atoms with E-state index in [1.165, 1.54) is 23.0 Å². The Morgan fingerprint density at radius 3 is 2.73 bits per heavy atom. The second kappa shape index (κ2) is 8.21. The lowest BCUT2D eigenvalue weighted by Crippen LogP contribution is -2.35. The summed E-state index contributed by atoms with van der Waals surface area (Å²) in [7, 11) is 0. The fourth-order valence-corrected chi connectivity index (χ4v) is 4.77. The van der Waals surface area contributed by atoms with E-state index in [-0.39, 0.29) is 34.4 Å². The molecule has 3 aromatic rings. The van der Waals surface area contributed by atoms with Crippen LogP contribution in [0.25, 0.3) is 10.9 Å². The fraction of sp³-hybridized carbons (Fsp3) is 0.375. The topological polar surface area (TPSA) is 97.4 Å². The molecule has 0 radical (unpaired) electrons. The van der Waals surface area contributed by atoms with Gasteiger partial charge in [0.05, 0.1) is 41.6 Å². The molecule has 1 atom stereocenters. The minimum Gasteiger partial charge on any atom is -0.453 e. The van der Waals surface area contributed by atoms with Crippen molar-refractivity contribution in [1.29, 1.82) is 5.26 Å². The molecule has 1 aliphatic carbocycles. The third-order valence-electron chi connectivity index (χ3n) is 6.59. The van der Waals surface area contributed by atoms with E-state index >= 15 is 0 Å². The molecule has 5 rings (SSSR count). The maximum Gasteiger partial charge on any atom is 0.261 e. The summed E-state index contributed by atoms with van der Waals surface area (Å²) < 4.78 is 41.2. The van der Waals surface area contributed by atoms with Gasteiger partial charge in [0.1, 0.15) is 23.2 Å². The summed E-state index contributed by atoms with van der Waals surface area (Å²) in [6, 6.07) is 7.58. The van der Waals surface area contributed by atoms with Crippen LogP contribution in [0.15, 0.2) is 41.5 Å². The number of aromatic nitrogens is 2. The van der Waals surface area contributed by atoms with Crippen LogP contribution in [0.1, 0.15) is 43.7 Å². The molecule has 2 fully saturated rings. The van der Waals surface area contributed by atoms with Gasteiger partial charge < -0.3 is 14.6 Å². The van der Waals surface area contributed by atoms with Gasteiger partial charge >= 0.3 is 0 Å². The summed E-state index contributed by atoms with van der Waals surface area (Å²) in [4.78, 5) is 17.6. The highest BCUT2D eigenvalue weighted by atomic mass is 19.1. The molecule has 170 valence electrons. The smallest absolute Gasteiger partial charge is 0.261 e. The SMILES string of the molecule is N#Cc1c(F)ccc(F)c1Oc1ccc2ncn(C3COC4(CCC(O)CC4)C3)c(=O)c2c1. The summed E-state index contributed by atoms with van der Waals surface area (Å²) in [6.07, 6.45) is 4.71. The highest BCUT2D eigenvalue weighted by Gasteiger charge is 2.43. The summed E-state index contributed by atoms with van der Waals surface area (Å²) in [5, 5.41) is 19.2. The van der Waals surface area contributed by atoms with Crippen molar-refractivity contribution in [2.45, 2.75) is 49.9 Å². The minimum absolute atomic E-state index is 0.0839. The summed E-state index contributed by atoms with van der Waals surface area (Å²) in [5.74, 6) is -2.24. The number of benzene rings is 2. The van der Waals surface area contributed by atoms with Crippen LogP contribution < -0.4 is 10.3 Å². The largest absolute Gasteiger partial charge is 0.453 e. The standard InChI is InChI=1S/C24H21F2N3O4/c25-19-2-3-20(26)22(18(19)11-27)33-16-1-4-21-17(9-16)23(31)29(13-28-21)14-10-24(32-12-14)7-5-15(30)6-8-24/h1-4,9,13-15,30H,5-8,10,12H2. The molecule has 1 spiro atoms. The first-order valence-corrected chi connectivity index (χ1v) is 10.8. The van der Waals surface area contributed by atoms with Crippen LogP contribution >= 0.6 is 0 Å². The first-order chi connectivity index (χ1) is 15.9. The van der Waals surface area contributed by atoms with E-state index < -0.39 is 22.9 Å². The third kappa shape index (κ3) is 3.86. The number of ether oxygens (including phenoxy) is 2. The summed E-state index contributed by atoms with van der Waals surface area (Å²) in [6.45, 7) is 0.374. The summed E-state index contributed by atoms with van der Waals surface area (Å²) in [5.41, 5.74) is -0.749. The van der Waals surface area contributed by atoms with Gasteiger partial charge in [-0.1, -0.05) is 0 Å². The molecule has 9 heteroatoms. The Bertz CT molecular complexity index is 1330. The highest BCUT2D eigenvalue weighted by molar-refractivity contribution is 5.79. The van der Waals surface area contributed by atoms with Crippen molar-refractivity contribution >= 4 is 10.9 Å². The Morgan fingerprint density at radius 1 is 1.21 bits per heavy atom. The van der Waals surface area contributed by atoms with Gasteiger partial charge in [-0.25, -0.2) is 13.8 Å². The van der Waals surface area contributed by atoms with Crippen molar-refractivity contribution in [2.24, 2.45) is 0 Å². The van der Waals surface area contributed by atoms with Gasteiger partial charge in [0.15, 0.2) is 11.6 Å². The van der Waals surface area contributed by atoms with E-state index in [4.69, 9.17) is 14.7 Å². The van der Waals surface area contributed by atoms with Gasteiger partial charge in [0.25, 0.3) is 5.56 Å². The van der Waals surface area contributed by atoms with Crippen molar-refractivity contribution < 1.29 is 23.4 Å². The highest BCUT2D eigenvalue weighted by Crippen LogP contribution is 2.43. The van der Waals surface area contributed by atoms with Gasteiger partial charge in [-0.2, -0.15) is 5.26 Å². The van der Waals surface area contributed by atoms with E-state index in [9.17, 15) is 18.7 Å². The van der Waals surface area contributed by atoms with Crippen LogP contribution in [0, 0.1) is 23.0 Å². The molecular weight excluding hydrogens is 432 g/mol. The minimum atomic E-state index is -0.899. The second-order valence-corrected chi connectivity index (χ2v) is 8.67. The van der Waals surface area contributed by atoms with Crippen LogP contribution in [0.5, 0.6) is 11.5 Å². The lowest BCUT2D eigenvalue weighted by Gasteiger charge is -2.34. The molecule has 1 aromatic heterocycles. The summed E-state index contributed by atoms with van der Waals surface area (Å²) >= 11 is 0. The van der Waals surface area contributed by atoms with E-state index in [0.717, 1.165) is 25.0 Å². The number of nitriles is 1. The molecule has 2 heterocycles. The lowest BCUT2D eigenvalue weighted by molar-refractivity contribution is -0.0510. The van der Waals surface area contributed by atoms with Crippen molar-refractivity contribution in [3.8, 4) is 17.6 Å². The molecule has 33 heavy (non-hydrogen) atoms. The Hall–Kier alpha value is -3.35. The van der Waals surface area contributed by atoms with Crippen molar-refractivity contribution in [2.75, 3.05) is 6.61 Å². The Kier molecular flexibility index (Phi) is 5.35. The molecule has 1 aliphatic heterocycles. The Balaban J connectivity index is 1.47. The number of nitrogens with zero attached hydrogens (tertiary/aromatic N) is 3. The van der Waals surface area contributed by atoms with E-state index in [0.29, 0.717) is 31.4 Å². The van der Waals surface area contributed by atoms with Crippen LogP contribution in [-0.2, 0) is 4.74 Å². The number of hydrogen-bond acceptors (Lipinski definition) is 6. The predicted octanol–water partition coefficient (Wildman–Crippen LogP) is 3.97. The van der Waals surface area contributed by atoms with Crippen LogP contribution in [0.2, 0.25) is 0 Å². The average molecular weight is 453 g/mol. The normalized spacial score (nSPS) is 24.8. The van der Waals surface area contributed by atoms with Gasteiger partial charge in [0.2, 0.25) is 0 Å². The molecule has 0 amide bonds. The van der Waals surface area contributed by atoms with Crippen molar-refractivity contribution in [3.05, 3.63) is 64.2 Å². The lowest BCUT2D eigenvalue weighted by atomic mass is 9.81. The van der Waals surface area contributed by atoms with Crippen LogP contribution in [0.3, 0.4) is 0 Å². The number of aliphatic hydroxyl groups is 1. The van der Waals surface area contributed by atoms with E-state index in [1.54, 1.807) is 12.1 Å². The molecule has 2 aromatic carbocycles. The van der Waals surface area contributed by atoms with Gasteiger partial charge in [-0.3, -0.25) is 9.36 Å². The Morgan fingerprint density at radius 2 is 1.97 bits per heavy atom. The number of rotatable bonds is 3. The Labute approximate surface area is 187 Å². The van der Waals surface area contributed by atoms with Crippen LogP contribution in [0.4, 0.5) is 8.78 Å². The quantitative estimate of drug-likeness (QED) is 0.645. The first kappa shape index (κ1) is 21.5. The average Bonchev–Trinajstić information content (AvgIpc) is 3.22. The number of fused-ring (bicyclic) bond motifs is 1. The first-order valence-electron chi connectivity index (χ1n) is 10.8. The molecular formula is C24H21F2N3O4. The van der Waals surface area contributed by atoms with Crippen LogP contribution in [-0.4, -0.2) is 33.0 Å². The fourth-order valence-electron chi connectivity index (χ4n) is 4.77. The number of aliphatic hydroxyl groups excluding tert-OH is 1. The zero-order chi connectivity index (χ0) is 23.2. The monoisotopic (exact) mass is 453 g/mol. The van der Waals surface area contributed by atoms with E-state index in [2.05, 4.69) is 4.98 Å². The molecule has 1 N–H and O–H groups in total. The number of halogens is 2. The maximum absolute atomic E-state index is 14.2. The maximum atomic E-state index is 14.2. The molecule has 1 saturated heterocycles. The molecule has 0 bridgehead atoms. The van der Waals surface area contributed by atoms with E-state index in [1.807, 2.05) is 0 Å². The molecule has 7 nitrogen and oxygen atoms in total. The van der Waals surface area contributed by atoms with Gasteiger partial charge in [-0.05, 0) is 62.4 Å². The zero-order valence-electron chi connectivity index (χ0n) is 17.6. The third-order valence-corrected chi connectivity index (χ3v) is 6.59. The van der Waals surface area contributed by atoms with Gasteiger partial charge in [0, 0.05) is 0 Å². The van der Waals surface area contributed by atoms with Crippen molar-refractivity contribution in [1.82, 2.24) is 9.55 Å². The van der Waals surface area contributed by atoms with Gasteiger partial charge in [-0.15, -0.1) is 0 Å². The molecule has 1 saturated carbocycles. The predicted molar refractivity (Wildman–Crippen MR) is 114 cm³/mol. The molecule has 2 aliphatic rings. The number of hydrogen-bond donors (Lipinski definition) is 1.